The summed E-state index contributed by atoms with van der Waals surface area (Å²) in [4.78, 5) is 27.7. The highest BCUT2D eigenvalue weighted by atomic mass is 16.5. The summed E-state index contributed by atoms with van der Waals surface area (Å²) in [6.07, 6.45) is 2.29. The minimum atomic E-state index is -0.248. The normalized spacial score (nSPS) is 10.9. The number of likely N-dealkylation sites (N-methyl/N-ethyl adjacent to an activating group) is 1. The van der Waals surface area contributed by atoms with Gasteiger partial charge in [0.25, 0.3) is 0 Å². The predicted molar refractivity (Wildman–Crippen MR) is 92.9 cm³/mol. The number of anilines is 1. The van der Waals surface area contributed by atoms with E-state index in [-0.39, 0.29) is 18.4 Å². The molecule has 136 valence electrons. The van der Waals surface area contributed by atoms with Crippen LogP contribution >= 0.6 is 0 Å². The average molecular weight is 339 g/mol. The fourth-order valence-corrected chi connectivity index (χ4v) is 2.46. The lowest BCUT2D eigenvalue weighted by Crippen LogP contribution is -3.12. The predicted octanol–water partition coefficient (Wildman–Crippen LogP) is 0.865. The van der Waals surface area contributed by atoms with Crippen LogP contribution in [0, 0.1) is 6.92 Å². The van der Waals surface area contributed by atoms with Gasteiger partial charge in [-0.05, 0) is 27.2 Å². The van der Waals surface area contributed by atoms with Gasteiger partial charge in [0.2, 0.25) is 11.8 Å². The number of hydrogen-bond acceptors (Lipinski definition) is 4. The van der Waals surface area contributed by atoms with E-state index in [1.54, 1.807) is 17.9 Å². The number of aryl methyl sites for hydroxylation is 1. The molecule has 1 rings (SSSR count). The van der Waals surface area contributed by atoms with E-state index in [2.05, 4.69) is 31.2 Å². The van der Waals surface area contributed by atoms with Crippen molar-refractivity contribution in [2.45, 2.75) is 47.0 Å². The number of rotatable bonds is 11. The smallest absolute Gasteiger partial charge is 0.245 e. The van der Waals surface area contributed by atoms with Crippen LogP contribution in [0.4, 0.5) is 5.82 Å². The van der Waals surface area contributed by atoms with Gasteiger partial charge in [0.1, 0.15) is 12.3 Å². The molecule has 7 heteroatoms. The Morgan fingerprint density at radius 1 is 1.29 bits per heavy atom. The monoisotopic (exact) mass is 339 g/mol. The molecular weight excluding hydrogens is 308 g/mol. The van der Waals surface area contributed by atoms with Crippen molar-refractivity contribution in [1.29, 1.82) is 0 Å². The number of nitrogens with zero attached hydrogens (tertiary/aromatic N) is 2. The lowest BCUT2D eigenvalue weighted by atomic mass is 10.2. The molecule has 0 aliphatic rings. The molecule has 0 saturated heterocycles. The molecular formula is C17H31N4O3+. The zero-order chi connectivity index (χ0) is 17.9. The molecule has 2 amide bonds. The molecule has 0 fully saturated rings. The summed E-state index contributed by atoms with van der Waals surface area (Å²) in [6.45, 7) is 11.6. The van der Waals surface area contributed by atoms with E-state index < -0.39 is 0 Å². The number of nitrogens with one attached hydrogen (secondary N) is 2. The van der Waals surface area contributed by atoms with Crippen LogP contribution in [0.1, 0.15) is 45.8 Å². The highest BCUT2D eigenvalue weighted by molar-refractivity contribution is 5.93. The number of carbonyl (C=O) groups is 2. The van der Waals surface area contributed by atoms with Crippen LogP contribution < -0.4 is 10.2 Å². The van der Waals surface area contributed by atoms with Crippen molar-refractivity contribution < 1.29 is 19.0 Å². The van der Waals surface area contributed by atoms with Gasteiger partial charge in [0.05, 0.1) is 26.2 Å². The fraction of sp³-hybridized carbons (Fsp3) is 0.706. The summed E-state index contributed by atoms with van der Waals surface area (Å²) in [5.74, 6) is 0.803. The van der Waals surface area contributed by atoms with Crippen LogP contribution in [0.15, 0.2) is 10.6 Å². The Bertz CT molecular complexity index is 512. The van der Waals surface area contributed by atoms with Crippen molar-refractivity contribution in [2.75, 3.05) is 38.0 Å². The highest BCUT2D eigenvalue weighted by Gasteiger charge is 2.19. The molecule has 2 N–H and O–H groups in total. The van der Waals surface area contributed by atoms with E-state index in [1.165, 1.54) is 4.90 Å². The number of carbonyl (C=O) groups excluding carboxylic acids is 2. The molecule has 0 atom stereocenters. The van der Waals surface area contributed by atoms with Crippen LogP contribution in [0.25, 0.3) is 0 Å². The lowest BCUT2D eigenvalue weighted by molar-refractivity contribution is -0.895. The van der Waals surface area contributed by atoms with Crippen LogP contribution in [-0.4, -0.2) is 54.6 Å². The SMILES string of the molecule is CCCCC(=O)N(CC[NH+](CC)CC)CC(=O)Nc1cc(C)on1. The molecule has 1 aromatic heterocycles. The molecule has 0 saturated carbocycles. The summed E-state index contributed by atoms with van der Waals surface area (Å²) in [5, 5.41) is 6.42. The largest absolute Gasteiger partial charge is 0.360 e. The molecule has 7 nitrogen and oxygen atoms in total. The Kier molecular flexibility index (Phi) is 9.07. The van der Waals surface area contributed by atoms with Crippen molar-refractivity contribution >= 4 is 17.6 Å². The fourth-order valence-electron chi connectivity index (χ4n) is 2.46. The molecule has 0 unspecified atom stereocenters. The van der Waals surface area contributed by atoms with E-state index in [0.29, 0.717) is 24.5 Å². The summed E-state index contributed by atoms with van der Waals surface area (Å²) in [7, 11) is 0. The van der Waals surface area contributed by atoms with Gasteiger partial charge < -0.3 is 19.6 Å². The molecule has 0 aliphatic carbocycles. The Morgan fingerprint density at radius 2 is 2.00 bits per heavy atom. The maximum Gasteiger partial charge on any atom is 0.245 e. The lowest BCUT2D eigenvalue weighted by Gasteiger charge is -2.24. The maximum absolute atomic E-state index is 12.4. The van der Waals surface area contributed by atoms with Gasteiger partial charge in [-0.2, -0.15) is 0 Å². The van der Waals surface area contributed by atoms with Gasteiger partial charge >= 0.3 is 0 Å². The van der Waals surface area contributed by atoms with Gasteiger partial charge in [-0.3, -0.25) is 9.59 Å². The molecule has 0 spiro atoms. The van der Waals surface area contributed by atoms with E-state index in [0.717, 1.165) is 32.5 Å². The van der Waals surface area contributed by atoms with Crippen molar-refractivity contribution in [3.05, 3.63) is 11.8 Å². The molecule has 0 radical (unpaired) electrons. The first-order valence-corrected chi connectivity index (χ1v) is 8.84. The first-order valence-electron chi connectivity index (χ1n) is 8.84. The van der Waals surface area contributed by atoms with Crippen molar-refractivity contribution in [2.24, 2.45) is 0 Å². The minimum absolute atomic E-state index is 0.0369. The van der Waals surface area contributed by atoms with Gasteiger partial charge in [0.15, 0.2) is 5.82 Å². The molecule has 24 heavy (non-hydrogen) atoms. The zero-order valence-corrected chi connectivity index (χ0v) is 15.4. The van der Waals surface area contributed by atoms with E-state index >= 15 is 0 Å². The standard InChI is InChI=1S/C17H30N4O3/c1-5-8-9-17(23)21(11-10-20(6-2)7-3)13-16(22)18-15-12-14(4)24-19-15/h12H,5-11,13H2,1-4H3,(H,18,19,22)/p+1. The molecule has 1 heterocycles. The number of unbranched alkanes of at least 4 members (excludes halogenated alkanes) is 1. The molecule has 1 aromatic rings. The van der Waals surface area contributed by atoms with Gasteiger partial charge in [-0.15, -0.1) is 0 Å². The third-order valence-corrected chi connectivity index (χ3v) is 4.06. The molecule has 0 bridgehead atoms. The Morgan fingerprint density at radius 3 is 2.54 bits per heavy atom. The second-order valence-electron chi connectivity index (χ2n) is 6.00. The topological polar surface area (TPSA) is 79.9 Å². The van der Waals surface area contributed by atoms with Crippen LogP contribution in [0.5, 0.6) is 0 Å². The first kappa shape index (κ1) is 20.2. The molecule has 0 aromatic carbocycles. The quantitative estimate of drug-likeness (QED) is 0.627. The number of amides is 2. The minimum Gasteiger partial charge on any atom is -0.360 e. The highest BCUT2D eigenvalue weighted by Crippen LogP contribution is 2.07. The van der Waals surface area contributed by atoms with E-state index in [4.69, 9.17) is 4.52 Å². The second-order valence-corrected chi connectivity index (χ2v) is 6.00. The second kappa shape index (κ2) is 10.8. The summed E-state index contributed by atoms with van der Waals surface area (Å²) >= 11 is 0. The third-order valence-electron chi connectivity index (χ3n) is 4.06. The van der Waals surface area contributed by atoms with Gasteiger partial charge in [-0.25, -0.2) is 0 Å². The number of hydrogen-bond donors (Lipinski definition) is 2. The van der Waals surface area contributed by atoms with Crippen molar-refractivity contribution in [3.8, 4) is 0 Å². The van der Waals surface area contributed by atoms with Crippen molar-refractivity contribution in [1.82, 2.24) is 10.1 Å². The zero-order valence-electron chi connectivity index (χ0n) is 15.4. The number of quaternary nitrogens is 1. The number of aromatic nitrogens is 1. The van der Waals surface area contributed by atoms with Crippen LogP contribution in [0.2, 0.25) is 0 Å². The van der Waals surface area contributed by atoms with Crippen molar-refractivity contribution in [3.63, 3.8) is 0 Å². The van der Waals surface area contributed by atoms with Gasteiger partial charge in [-0.1, -0.05) is 18.5 Å². The van der Waals surface area contributed by atoms with Gasteiger partial charge in [0, 0.05) is 12.5 Å². The van der Waals surface area contributed by atoms with E-state index in [9.17, 15) is 9.59 Å². The first-order chi connectivity index (χ1) is 11.5. The molecule has 0 aliphatic heterocycles. The Balaban J connectivity index is 2.61. The van der Waals surface area contributed by atoms with Crippen LogP contribution in [0.3, 0.4) is 0 Å². The van der Waals surface area contributed by atoms with E-state index in [1.807, 2.05) is 0 Å². The summed E-state index contributed by atoms with van der Waals surface area (Å²) in [5.41, 5.74) is 0. The Labute approximate surface area is 144 Å². The Hall–Kier alpha value is -1.89. The maximum atomic E-state index is 12.4. The summed E-state index contributed by atoms with van der Waals surface area (Å²) < 4.78 is 4.93. The summed E-state index contributed by atoms with van der Waals surface area (Å²) in [6, 6.07) is 1.65. The van der Waals surface area contributed by atoms with Crippen LogP contribution in [-0.2, 0) is 9.59 Å². The average Bonchev–Trinajstić information content (AvgIpc) is 2.97. The third kappa shape index (κ3) is 7.12.